The smallest absolute Gasteiger partial charge is 0.431 e. The number of ether oxygens (including phenoxy) is 1. The van der Waals surface area contributed by atoms with Gasteiger partial charge in [0.15, 0.2) is 0 Å². The van der Waals surface area contributed by atoms with E-state index in [-0.39, 0.29) is 18.5 Å². The fourth-order valence-electron chi connectivity index (χ4n) is 2.00. The van der Waals surface area contributed by atoms with Crippen molar-refractivity contribution in [3.63, 3.8) is 0 Å². The molecular formula is C12H13F3N2O. The predicted octanol–water partition coefficient (Wildman–Crippen LogP) is 2.70. The summed E-state index contributed by atoms with van der Waals surface area (Å²) in [4.78, 5) is 2.40. The number of rotatable bonds is 3. The van der Waals surface area contributed by atoms with Gasteiger partial charge in [0.25, 0.3) is 0 Å². The minimum atomic E-state index is -4.41. The standard InChI is InChI=1S/C12H13F3N2O/c1-18-7-2-3-10-9(6-7)8(4-5-16)11(17-10)12(13,14)15/h2-3,6,17H,4-5,16H2,1H3. The lowest BCUT2D eigenvalue weighted by Gasteiger charge is -2.07. The summed E-state index contributed by atoms with van der Waals surface area (Å²) in [5, 5.41) is 0.507. The maximum Gasteiger partial charge on any atom is 0.431 e. The Bertz CT molecular complexity index is 560. The van der Waals surface area contributed by atoms with Gasteiger partial charge in [0, 0.05) is 10.9 Å². The number of aromatic amines is 1. The molecule has 0 radical (unpaired) electrons. The molecule has 0 aliphatic carbocycles. The minimum Gasteiger partial charge on any atom is -0.497 e. The number of aromatic nitrogens is 1. The van der Waals surface area contributed by atoms with Crippen molar-refractivity contribution in [2.45, 2.75) is 12.6 Å². The van der Waals surface area contributed by atoms with Gasteiger partial charge in [-0.25, -0.2) is 0 Å². The van der Waals surface area contributed by atoms with Gasteiger partial charge in [0.1, 0.15) is 11.4 Å². The zero-order valence-corrected chi connectivity index (χ0v) is 9.77. The van der Waals surface area contributed by atoms with Gasteiger partial charge in [-0.3, -0.25) is 0 Å². The van der Waals surface area contributed by atoms with Crippen LogP contribution in [0.5, 0.6) is 5.75 Å². The molecule has 0 spiro atoms. The molecule has 0 unspecified atom stereocenters. The van der Waals surface area contributed by atoms with Crippen molar-refractivity contribution >= 4 is 10.9 Å². The number of benzene rings is 1. The van der Waals surface area contributed by atoms with E-state index in [1.807, 2.05) is 0 Å². The van der Waals surface area contributed by atoms with Crippen molar-refractivity contribution in [2.24, 2.45) is 5.73 Å². The Labute approximate surface area is 102 Å². The third kappa shape index (κ3) is 2.15. The lowest BCUT2D eigenvalue weighted by molar-refractivity contribution is -0.141. The van der Waals surface area contributed by atoms with E-state index >= 15 is 0 Å². The molecule has 0 aliphatic heterocycles. The number of fused-ring (bicyclic) bond motifs is 1. The SMILES string of the molecule is COc1ccc2[nH]c(C(F)(F)F)c(CCN)c2c1. The van der Waals surface area contributed by atoms with E-state index in [1.165, 1.54) is 7.11 Å². The van der Waals surface area contributed by atoms with Crippen LogP contribution in [0.2, 0.25) is 0 Å². The summed E-state index contributed by atoms with van der Waals surface area (Å²) >= 11 is 0. The van der Waals surface area contributed by atoms with Gasteiger partial charge in [-0.05, 0) is 36.7 Å². The van der Waals surface area contributed by atoms with Gasteiger partial charge in [0.2, 0.25) is 0 Å². The number of halogens is 3. The van der Waals surface area contributed by atoms with Crippen LogP contribution in [0.1, 0.15) is 11.3 Å². The molecule has 0 saturated carbocycles. The van der Waals surface area contributed by atoms with Crippen LogP contribution in [0.3, 0.4) is 0 Å². The first-order valence-corrected chi connectivity index (χ1v) is 5.43. The van der Waals surface area contributed by atoms with Crippen molar-refractivity contribution in [3.8, 4) is 5.75 Å². The van der Waals surface area contributed by atoms with Crippen LogP contribution >= 0.6 is 0 Å². The number of hydrogen-bond donors (Lipinski definition) is 2. The number of H-pyrrole nitrogens is 1. The molecule has 2 aromatic rings. The minimum absolute atomic E-state index is 0.160. The number of methoxy groups -OCH3 is 1. The van der Waals surface area contributed by atoms with E-state index in [4.69, 9.17) is 10.5 Å². The predicted molar refractivity (Wildman–Crippen MR) is 62.6 cm³/mol. The first kappa shape index (κ1) is 12.8. The van der Waals surface area contributed by atoms with Gasteiger partial charge in [-0.15, -0.1) is 0 Å². The van der Waals surface area contributed by atoms with Gasteiger partial charge in [-0.1, -0.05) is 0 Å². The van der Waals surface area contributed by atoms with Crippen molar-refractivity contribution in [3.05, 3.63) is 29.5 Å². The molecule has 18 heavy (non-hydrogen) atoms. The van der Waals surface area contributed by atoms with Crippen LogP contribution < -0.4 is 10.5 Å². The summed E-state index contributed by atoms with van der Waals surface area (Å²) < 4.78 is 43.7. The van der Waals surface area contributed by atoms with Crippen molar-refractivity contribution < 1.29 is 17.9 Å². The number of nitrogens with two attached hydrogens (primary N) is 1. The molecule has 98 valence electrons. The fraction of sp³-hybridized carbons (Fsp3) is 0.333. The Hall–Kier alpha value is -1.69. The molecule has 0 atom stereocenters. The van der Waals surface area contributed by atoms with E-state index in [2.05, 4.69) is 4.98 Å². The van der Waals surface area contributed by atoms with Gasteiger partial charge < -0.3 is 15.5 Å². The Morgan fingerprint density at radius 1 is 1.33 bits per heavy atom. The first-order valence-electron chi connectivity index (χ1n) is 5.43. The highest BCUT2D eigenvalue weighted by Gasteiger charge is 2.36. The maximum absolute atomic E-state index is 12.9. The Balaban J connectivity index is 2.68. The van der Waals surface area contributed by atoms with Crippen LogP contribution in [0.25, 0.3) is 10.9 Å². The van der Waals surface area contributed by atoms with Gasteiger partial charge in [-0.2, -0.15) is 13.2 Å². The quantitative estimate of drug-likeness (QED) is 0.889. The van der Waals surface area contributed by atoms with E-state index in [0.717, 1.165) is 0 Å². The van der Waals surface area contributed by atoms with E-state index in [9.17, 15) is 13.2 Å². The number of nitrogens with one attached hydrogen (secondary N) is 1. The summed E-state index contributed by atoms with van der Waals surface area (Å²) in [6.07, 6.45) is -4.24. The van der Waals surface area contributed by atoms with Crippen LogP contribution in [-0.4, -0.2) is 18.6 Å². The molecule has 0 saturated heterocycles. The third-order valence-corrected chi connectivity index (χ3v) is 2.79. The zero-order valence-electron chi connectivity index (χ0n) is 9.77. The highest BCUT2D eigenvalue weighted by Crippen LogP contribution is 2.36. The molecule has 1 aromatic heterocycles. The largest absolute Gasteiger partial charge is 0.497 e. The molecule has 0 amide bonds. The molecule has 6 heteroatoms. The molecule has 2 rings (SSSR count). The summed E-state index contributed by atoms with van der Waals surface area (Å²) in [6, 6.07) is 4.78. The maximum atomic E-state index is 12.9. The molecule has 1 heterocycles. The Morgan fingerprint density at radius 2 is 2.06 bits per heavy atom. The molecule has 0 bridgehead atoms. The zero-order chi connectivity index (χ0) is 13.3. The van der Waals surface area contributed by atoms with Gasteiger partial charge >= 0.3 is 6.18 Å². The lowest BCUT2D eigenvalue weighted by Crippen LogP contribution is -2.11. The summed E-state index contributed by atoms with van der Waals surface area (Å²) in [7, 11) is 1.47. The Kier molecular flexibility index (Phi) is 3.21. The second-order valence-electron chi connectivity index (χ2n) is 3.93. The van der Waals surface area contributed by atoms with Crippen LogP contribution in [0.15, 0.2) is 18.2 Å². The first-order chi connectivity index (χ1) is 8.47. The second-order valence-corrected chi connectivity index (χ2v) is 3.93. The van der Waals surface area contributed by atoms with Crippen molar-refractivity contribution in [2.75, 3.05) is 13.7 Å². The van der Waals surface area contributed by atoms with Crippen LogP contribution in [-0.2, 0) is 12.6 Å². The second kappa shape index (κ2) is 4.53. The topological polar surface area (TPSA) is 51.0 Å². The van der Waals surface area contributed by atoms with Crippen LogP contribution in [0, 0.1) is 0 Å². The molecule has 0 fully saturated rings. The summed E-state index contributed by atoms with van der Waals surface area (Å²) in [5.74, 6) is 0.522. The van der Waals surface area contributed by atoms with Gasteiger partial charge in [0.05, 0.1) is 7.11 Å². The van der Waals surface area contributed by atoms with Crippen molar-refractivity contribution in [1.82, 2.24) is 4.98 Å². The van der Waals surface area contributed by atoms with E-state index < -0.39 is 11.9 Å². The molecule has 1 aromatic carbocycles. The van der Waals surface area contributed by atoms with Crippen molar-refractivity contribution in [1.29, 1.82) is 0 Å². The molecule has 0 aliphatic rings. The molecular weight excluding hydrogens is 245 g/mol. The number of hydrogen-bond acceptors (Lipinski definition) is 2. The van der Waals surface area contributed by atoms with E-state index in [0.29, 0.717) is 16.7 Å². The fourth-order valence-corrected chi connectivity index (χ4v) is 2.00. The average molecular weight is 258 g/mol. The third-order valence-electron chi connectivity index (χ3n) is 2.79. The average Bonchev–Trinajstić information content (AvgIpc) is 2.68. The highest BCUT2D eigenvalue weighted by atomic mass is 19.4. The summed E-state index contributed by atoms with van der Waals surface area (Å²) in [6.45, 7) is 0.160. The number of alkyl halides is 3. The Morgan fingerprint density at radius 3 is 2.61 bits per heavy atom. The monoisotopic (exact) mass is 258 g/mol. The lowest BCUT2D eigenvalue weighted by atomic mass is 10.1. The molecule has 3 N–H and O–H groups in total. The summed E-state index contributed by atoms with van der Waals surface area (Å²) in [5.41, 5.74) is 5.29. The van der Waals surface area contributed by atoms with E-state index in [1.54, 1.807) is 18.2 Å². The van der Waals surface area contributed by atoms with Crippen LogP contribution in [0.4, 0.5) is 13.2 Å². The normalized spacial score (nSPS) is 12.1. The molecule has 3 nitrogen and oxygen atoms in total. The highest BCUT2D eigenvalue weighted by molar-refractivity contribution is 5.86.